The van der Waals surface area contributed by atoms with Gasteiger partial charge in [-0.15, -0.1) is 10.2 Å². The van der Waals surface area contributed by atoms with Crippen LogP contribution in [0.5, 0.6) is 0 Å². The van der Waals surface area contributed by atoms with Gasteiger partial charge in [0.25, 0.3) is 5.91 Å². The van der Waals surface area contributed by atoms with Crippen molar-refractivity contribution in [1.29, 1.82) is 0 Å². The fraction of sp³-hybridized carbons (Fsp3) is 0.250. The van der Waals surface area contributed by atoms with Gasteiger partial charge in [0, 0.05) is 51.1 Å². The summed E-state index contributed by atoms with van der Waals surface area (Å²) in [5.74, 6) is 2.32. The molecule has 0 saturated heterocycles. The highest BCUT2D eigenvalue weighted by Crippen LogP contribution is 2.15. The summed E-state index contributed by atoms with van der Waals surface area (Å²) in [6, 6.07) is 12.1. The van der Waals surface area contributed by atoms with Gasteiger partial charge < -0.3 is 9.47 Å². The summed E-state index contributed by atoms with van der Waals surface area (Å²) in [6.07, 6.45) is 6.66. The standard InChI is InChI=1S/C20H19N7O/c28-19(16-14-26-9-4-8-21-20(26)22-16)25-10-7-17-23-24-18(27(17)12-11-25)13-15-5-2-1-3-6-15/h1-6,8-9,14H,7,10-13H2. The lowest BCUT2D eigenvalue weighted by Crippen LogP contribution is -2.34. The van der Waals surface area contributed by atoms with Gasteiger partial charge in [-0.05, 0) is 11.6 Å². The summed E-state index contributed by atoms with van der Waals surface area (Å²) in [7, 11) is 0. The molecule has 4 heterocycles. The van der Waals surface area contributed by atoms with E-state index in [4.69, 9.17) is 0 Å². The topological polar surface area (TPSA) is 81.2 Å². The van der Waals surface area contributed by atoms with E-state index in [0.717, 1.165) is 18.1 Å². The molecule has 8 heteroatoms. The molecule has 0 N–H and O–H groups in total. The molecular formula is C20H19N7O. The highest BCUT2D eigenvalue weighted by Gasteiger charge is 2.24. The quantitative estimate of drug-likeness (QED) is 0.545. The lowest BCUT2D eigenvalue weighted by Gasteiger charge is -2.18. The number of nitrogens with zero attached hydrogens (tertiary/aromatic N) is 7. The van der Waals surface area contributed by atoms with Crippen molar-refractivity contribution >= 4 is 11.7 Å². The monoisotopic (exact) mass is 373 g/mol. The zero-order valence-corrected chi connectivity index (χ0v) is 15.3. The third-order valence-corrected chi connectivity index (χ3v) is 5.05. The van der Waals surface area contributed by atoms with Gasteiger partial charge in [-0.3, -0.25) is 9.20 Å². The van der Waals surface area contributed by atoms with Crippen molar-refractivity contribution in [2.75, 3.05) is 13.1 Å². The molecule has 0 bridgehead atoms. The fourth-order valence-corrected chi connectivity index (χ4v) is 3.59. The Kier molecular flexibility index (Phi) is 4.08. The van der Waals surface area contributed by atoms with Crippen LogP contribution in [0.25, 0.3) is 5.78 Å². The van der Waals surface area contributed by atoms with E-state index in [1.807, 2.05) is 35.4 Å². The van der Waals surface area contributed by atoms with Gasteiger partial charge in [0.2, 0.25) is 5.78 Å². The first-order valence-corrected chi connectivity index (χ1v) is 9.32. The highest BCUT2D eigenvalue weighted by atomic mass is 16.2. The molecule has 0 saturated carbocycles. The normalized spacial score (nSPS) is 14.1. The highest BCUT2D eigenvalue weighted by molar-refractivity contribution is 5.92. The third-order valence-electron chi connectivity index (χ3n) is 5.05. The largest absolute Gasteiger partial charge is 0.335 e. The molecule has 3 aromatic heterocycles. The average Bonchev–Trinajstić information content (AvgIpc) is 3.26. The van der Waals surface area contributed by atoms with Crippen LogP contribution in [0.1, 0.15) is 27.7 Å². The first-order chi connectivity index (χ1) is 13.8. The van der Waals surface area contributed by atoms with E-state index < -0.39 is 0 Å². The molecule has 0 radical (unpaired) electrons. The molecule has 1 amide bonds. The van der Waals surface area contributed by atoms with Crippen LogP contribution >= 0.6 is 0 Å². The molecule has 4 aromatic rings. The maximum atomic E-state index is 12.9. The summed E-state index contributed by atoms with van der Waals surface area (Å²) in [5.41, 5.74) is 1.62. The van der Waals surface area contributed by atoms with Crippen LogP contribution in [-0.4, -0.2) is 53.0 Å². The van der Waals surface area contributed by atoms with Gasteiger partial charge in [-0.2, -0.15) is 0 Å². The second kappa shape index (κ2) is 6.88. The third kappa shape index (κ3) is 3.02. The molecule has 0 aliphatic carbocycles. The Morgan fingerprint density at radius 2 is 1.93 bits per heavy atom. The minimum absolute atomic E-state index is 0.0752. The van der Waals surface area contributed by atoms with Crippen LogP contribution in [0, 0.1) is 0 Å². The molecule has 0 spiro atoms. The van der Waals surface area contributed by atoms with Crippen molar-refractivity contribution in [2.45, 2.75) is 19.4 Å². The second-order valence-corrected chi connectivity index (χ2v) is 6.84. The Morgan fingerprint density at radius 1 is 1.04 bits per heavy atom. The van der Waals surface area contributed by atoms with Crippen LogP contribution in [0.3, 0.4) is 0 Å². The molecule has 1 aliphatic rings. The maximum Gasteiger partial charge on any atom is 0.274 e. The number of carbonyl (C=O) groups excluding carboxylic acids is 1. The molecule has 0 fully saturated rings. The zero-order chi connectivity index (χ0) is 18.9. The molecule has 1 aliphatic heterocycles. The van der Waals surface area contributed by atoms with Gasteiger partial charge in [-0.1, -0.05) is 30.3 Å². The number of hydrogen-bond donors (Lipinski definition) is 0. The maximum absolute atomic E-state index is 12.9. The average molecular weight is 373 g/mol. The smallest absolute Gasteiger partial charge is 0.274 e. The first kappa shape index (κ1) is 16.6. The van der Waals surface area contributed by atoms with E-state index in [2.05, 4.69) is 36.9 Å². The van der Waals surface area contributed by atoms with Crippen molar-refractivity contribution in [3.63, 3.8) is 0 Å². The van der Waals surface area contributed by atoms with Crippen LogP contribution in [-0.2, 0) is 19.4 Å². The van der Waals surface area contributed by atoms with Crippen molar-refractivity contribution in [2.24, 2.45) is 0 Å². The molecular weight excluding hydrogens is 354 g/mol. The van der Waals surface area contributed by atoms with Gasteiger partial charge in [-0.25, -0.2) is 9.97 Å². The number of amides is 1. The number of benzene rings is 1. The molecule has 1 aromatic carbocycles. The summed E-state index contributed by atoms with van der Waals surface area (Å²) in [6.45, 7) is 1.89. The van der Waals surface area contributed by atoms with Gasteiger partial charge >= 0.3 is 0 Å². The summed E-state index contributed by atoms with van der Waals surface area (Å²) >= 11 is 0. The van der Waals surface area contributed by atoms with E-state index >= 15 is 0 Å². The summed E-state index contributed by atoms with van der Waals surface area (Å²) < 4.78 is 3.91. The van der Waals surface area contributed by atoms with Crippen LogP contribution in [0.4, 0.5) is 0 Å². The lowest BCUT2D eigenvalue weighted by atomic mass is 10.1. The van der Waals surface area contributed by atoms with Crippen molar-refractivity contribution < 1.29 is 4.79 Å². The van der Waals surface area contributed by atoms with Crippen molar-refractivity contribution in [1.82, 2.24) is 34.0 Å². The minimum atomic E-state index is -0.0752. The number of fused-ring (bicyclic) bond motifs is 2. The van der Waals surface area contributed by atoms with E-state index in [9.17, 15) is 4.79 Å². The molecule has 8 nitrogen and oxygen atoms in total. The molecule has 28 heavy (non-hydrogen) atoms. The molecule has 0 atom stereocenters. The van der Waals surface area contributed by atoms with E-state index in [-0.39, 0.29) is 5.91 Å². The molecule has 5 rings (SSSR count). The Morgan fingerprint density at radius 3 is 2.79 bits per heavy atom. The van der Waals surface area contributed by atoms with Crippen molar-refractivity contribution in [3.05, 3.63) is 77.9 Å². The number of hydrogen-bond acceptors (Lipinski definition) is 5. The van der Waals surface area contributed by atoms with Crippen molar-refractivity contribution in [3.8, 4) is 0 Å². The van der Waals surface area contributed by atoms with E-state index in [0.29, 0.717) is 37.5 Å². The lowest BCUT2D eigenvalue weighted by molar-refractivity contribution is 0.0753. The van der Waals surface area contributed by atoms with Crippen LogP contribution in [0.15, 0.2) is 55.0 Å². The number of rotatable bonds is 3. The summed E-state index contributed by atoms with van der Waals surface area (Å²) in [4.78, 5) is 23.3. The summed E-state index contributed by atoms with van der Waals surface area (Å²) in [5, 5.41) is 8.74. The van der Waals surface area contributed by atoms with Crippen LogP contribution in [0.2, 0.25) is 0 Å². The van der Waals surface area contributed by atoms with E-state index in [1.54, 1.807) is 16.8 Å². The van der Waals surface area contributed by atoms with Gasteiger partial charge in [0.1, 0.15) is 17.3 Å². The number of aromatic nitrogens is 6. The minimum Gasteiger partial charge on any atom is -0.335 e. The molecule has 0 unspecified atom stereocenters. The van der Waals surface area contributed by atoms with Gasteiger partial charge in [0.05, 0.1) is 0 Å². The predicted molar refractivity (Wildman–Crippen MR) is 102 cm³/mol. The van der Waals surface area contributed by atoms with E-state index in [1.165, 1.54) is 5.56 Å². The zero-order valence-electron chi connectivity index (χ0n) is 15.3. The van der Waals surface area contributed by atoms with Crippen LogP contribution < -0.4 is 0 Å². The predicted octanol–water partition coefficient (Wildman–Crippen LogP) is 1.61. The van der Waals surface area contributed by atoms with Gasteiger partial charge in [0.15, 0.2) is 0 Å². The fourth-order valence-electron chi connectivity index (χ4n) is 3.59. The Labute approximate surface area is 161 Å². The number of carbonyl (C=O) groups is 1. The second-order valence-electron chi connectivity index (χ2n) is 6.84. The Bertz CT molecular complexity index is 1100. The number of imidazole rings is 1. The first-order valence-electron chi connectivity index (χ1n) is 9.32. The Balaban J connectivity index is 1.34. The Hall–Kier alpha value is -3.55. The molecule has 140 valence electrons. The SMILES string of the molecule is O=C(c1cn2cccnc2n1)N1CCc2nnc(Cc3ccccc3)n2CC1.